The number of benzene rings is 1. The van der Waals surface area contributed by atoms with Gasteiger partial charge in [0.1, 0.15) is 0 Å². The molecule has 0 saturated carbocycles. The Kier molecular flexibility index (Phi) is 6.94. The topological polar surface area (TPSA) is 75.7 Å². The Morgan fingerprint density at radius 2 is 1.92 bits per heavy atom. The van der Waals surface area contributed by atoms with Crippen LogP contribution < -0.4 is 4.72 Å². The summed E-state index contributed by atoms with van der Waals surface area (Å²) in [5.74, 6) is -0.151. The summed E-state index contributed by atoms with van der Waals surface area (Å²) < 4.78 is 32.1. The lowest BCUT2D eigenvalue weighted by Crippen LogP contribution is -2.35. The van der Waals surface area contributed by atoms with Crippen LogP contribution >= 0.6 is 11.3 Å². The zero-order valence-corrected chi connectivity index (χ0v) is 17.0. The number of carbonyl (C=O) groups is 1. The largest absolute Gasteiger partial charge is 0.383 e. The number of amides is 1. The second-order valence-corrected chi connectivity index (χ2v) is 8.90. The molecule has 2 rings (SSSR count). The van der Waals surface area contributed by atoms with Gasteiger partial charge in [0.2, 0.25) is 10.0 Å². The van der Waals surface area contributed by atoms with Gasteiger partial charge in [-0.3, -0.25) is 4.79 Å². The molecule has 1 atom stereocenters. The Labute approximate surface area is 158 Å². The molecule has 0 bridgehead atoms. The van der Waals surface area contributed by atoms with Gasteiger partial charge in [-0.2, -0.15) is 0 Å². The molecule has 1 N–H and O–H groups in total. The van der Waals surface area contributed by atoms with E-state index >= 15 is 0 Å². The maximum absolute atomic E-state index is 12.6. The molecule has 0 spiro atoms. The molecular formula is C18H24N2O4S2. The van der Waals surface area contributed by atoms with E-state index in [1.165, 1.54) is 31.4 Å². The lowest BCUT2D eigenvalue weighted by molar-refractivity contribution is 0.0786. The Morgan fingerprint density at radius 3 is 2.46 bits per heavy atom. The number of rotatable bonds is 8. The number of ether oxygens (including phenoxy) is 1. The summed E-state index contributed by atoms with van der Waals surface area (Å²) in [6.07, 6.45) is 0. The van der Waals surface area contributed by atoms with Gasteiger partial charge in [0, 0.05) is 30.6 Å². The van der Waals surface area contributed by atoms with Gasteiger partial charge >= 0.3 is 0 Å². The van der Waals surface area contributed by atoms with Gasteiger partial charge in [0.15, 0.2) is 0 Å². The van der Waals surface area contributed by atoms with Crippen LogP contribution in [0, 0.1) is 6.92 Å². The van der Waals surface area contributed by atoms with Gasteiger partial charge in [-0.25, -0.2) is 13.1 Å². The summed E-state index contributed by atoms with van der Waals surface area (Å²) in [7, 11) is -0.395. The first kappa shape index (κ1) is 20.6. The summed E-state index contributed by atoms with van der Waals surface area (Å²) in [6.45, 7) is 4.54. The van der Waals surface area contributed by atoms with E-state index in [-0.39, 0.29) is 23.5 Å². The van der Waals surface area contributed by atoms with Gasteiger partial charge in [-0.05, 0) is 55.1 Å². The van der Waals surface area contributed by atoms with E-state index in [0.717, 1.165) is 10.4 Å². The smallest absolute Gasteiger partial charge is 0.253 e. The minimum Gasteiger partial charge on any atom is -0.383 e. The molecule has 26 heavy (non-hydrogen) atoms. The molecule has 8 heteroatoms. The van der Waals surface area contributed by atoms with E-state index in [4.69, 9.17) is 4.74 Å². The Hall–Kier alpha value is -1.74. The van der Waals surface area contributed by atoms with E-state index in [1.807, 2.05) is 18.4 Å². The van der Waals surface area contributed by atoms with E-state index < -0.39 is 10.0 Å². The van der Waals surface area contributed by atoms with Crippen molar-refractivity contribution in [2.75, 3.05) is 20.8 Å². The van der Waals surface area contributed by atoms with Crippen molar-refractivity contribution in [2.45, 2.75) is 31.3 Å². The van der Waals surface area contributed by atoms with Crippen LogP contribution in [0.4, 0.5) is 0 Å². The predicted molar refractivity (Wildman–Crippen MR) is 103 cm³/mol. The van der Waals surface area contributed by atoms with Crippen LogP contribution in [-0.4, -0.2) is 46.0 Å². The normalized spacial score (nSPS) is 12.8. The van der Waals surface area contributed by atoms with Crippen LogP contribution in [0.5, 0.6) is 0 Å². The first-order chi connectivity index (χ1) is 12.2. The van der Waals surface area contributed by atoms with Crippen LogP contribution in [0.25, 0.3) is 0 Å². The second-order valence-electron chi connectivity index (χ2n) is 6.19. The van der Waals surface area contributed by atoms with Crippen molar-refractivity contribution in [3.63, 3.8) is 0 Å². The Bertz CT molecular complexity index is 844. The molecule has 0 fully saturated rings. The Balaban J connectivity index is 2.08. The summed E-state index contributed by atoms with van der Waals surface area (Å²) in [4.78, 5) is 15.4. The van der Waals surface area contributed by atoms with E-state index in [1.54, 1.807) is 30.2 Å². The maximum Gasteiger partial charge on any atom is 0.253 e. The van der Waals surface area contributed by atoms with Crippen LogP contribution in [0.3, 0.4) is 0 Å². The number of nitrogens with zero attached hydrogens (tertiary/aromatic N) is 1. The van der Waals surface area contributed by atoms with E-state index in [0.29, 0.717) is 12.1 Å². The quantitative estimate of drug-likeness (QED) is 0.744. The fraction of sp³-hybridized carbons (Fsp3) is 0.389. The SMILES string of the molecule is COC[C@@H](C)NS(=O)(=O)c1ccc(C(=O)N(C)Cc2sccc2C)cc1. The van der Waals surface area contributed by atoms with Crippen LogP contribution in [0.2, 0.25) is 0 Å². The third-order valence-corrected chi connectivity index (χ3v) is 6.49. The lowest BCUT2D eigenvalue weighted by Gasteiger charge is -2.17. The Morgan fingerprint density at radius 1 is 1.27 bits per heavy atom. The average Bonchev–Trinajstić information content (AvgIpc) is 2.99. The van der Waals surface area contributed by atoms with Crippen LogP contribution in [-0.2, 0) is 21.3 Å². The summed E-state index contributed by atoms with van der Waals surface area (Å²) in [6, 6.07) is 7.64. The number of methoxy groups -OCH3 is 1. The predicted octanol–water partition coefficient (Wildman–Crippen LogP) is 2.64. The summed E-state index contributed by atoms with van der Waals surface area (Å²) in [5, 5.41) is 2.00. The third-order valence-electron chi connectivity index (χ3n) is 3.88. The molecule has 6 nitrogen and oxygen atoms in total. The lowest BCUT2D eigenvalue weighted by atomic mass is 10.2. The fourth-order valence-corrected chi connectivity index (χ4v) is 4.65. The van der Waals surface area contributed by atoms with Crippen molar-refractivity contribution < 1.29 is 17.9 Å². The molecule has 1 heterocycles. The standard InChI is InChI=1S/C18H24N2O4S2/c1-13-9-10-25-17(13)11-20(3)18(21)15-5-7-16(8-6-15)26(22,23)19-14(2)12-24-4/h5-10,14,19H,11-12H2,1-4H3/t14-/m1/s1. The maximum atomic E-state index is 12.6. The number of hydrogen-bond donors (Lipinski definition) is 1. The van der Waals surface area contributed by atoms with Crippen molar-refractivity contribution in [3.05, 3.63) is 51.7 Å². The van der Waals surface area contributed by atoms with Gasteiger partial charge in [-0.1, -0.05) is 0 Å². The molecular weight excluding hydrogens is 372 g/mol. The first-order valence-electron chi connectivity index (χ1n) is 8.14. The molecule has 1 aromatic carbocycles. The molecule has 2 aromatic rings. The molecule has 1 aromatic heterocycles. The zero-order chi connectivity index (χ0) is 19.3. The number of carbonyl (C=O) groups excluding carboxylic acids is 1. The van der Waals surface area contributed by atoms with Crippen molar-refractivity contribution in [3.8, 4) is 0 Å². The van der Waals surface area contributed by atoms with Crippen LogP contribution in [0.15, 0.2) is 40.6 Å². The van der Waals surface area contributed by atoms with Gasteiger partial charge in [0.25, 0.3) is 5.91 Å². The highest BCUT2D eigenvalue weighted by molar-refractivity contribution is 7.89. The van der Waals surface area contributed by atoms with Gasteiger partial charge in [-0.15, -0.1) is 11.3 Å². The minimum absolute atomic E-state index is 0.119. The fourth-order valence-electron chi connectivity index (χ4n) is 2.47. The third kappa shape index (κ3) is 5.14. The molecule has 0 unspecified atom stereocenters. The van der Waals surface area contributed by atoms with Crippen molar-refractivity contribution >= 4 is 27.3 Å². The van der Waals surface area contributed by atoms with Gasteiger partial charge in [0.05, 0.1) is 18.0 Å². The van der Waals surface area contributed by atoms with Crippen molar-refractivity contribution in [2.24, 2.45) is 0 Å². The first-order valence-corrected chi connectivity index (χ1v) is 10.5. The highest BCUT2D eigenvalue weighted by Gasteiger charge is 2.19. The van der Waals surface area contributed by atoms with Gasteiger partial charge < -0.3 is 9.64 Å². The summed E-state index contributed by atoms with van der Waals surface area (Å²) >= 11 is 1.61. The van der Waals surface area contributed by atoms with Crippen molar-refractivity contribution in [1.82, 2.24) is 9.62 Å². The highest BCUT2D eigenvalue weighted by Crippen LogP contribution is 2.19. The molecule has 0 aliphatic heterocycles. The van der Waals surface area contributed by atoms with Crippen molar-refractivity contribution in [1.29, 1.82) is 0 Å². The highest BCUT2D eigenvalue weighted by atomic mass is 32.2. The number of sulfonamides is 1. The average molecular weight is 397 g/mol. The molecule has 0 saturated heterocycles. The second kappa shape index (κ2) is 8.77. The number of nitrogens with one attached hydrogen (secondary N) is 1. The van der Waals surface area contributed by atoms with Crippen LogP contribution in [0.1, 0.15) is 27.7 Å². The number of thiophene rings is 1. The number of aryl methyl sites for hydroxylation is 1. The van der Waals surface area contributed by atoms with E-state index in [2.05, 4.69) is 4.72 Å². The minimum atomic E-state index is -3.64. The number of hydrogen-bond acceptors (Lipinski definition) is 5. The molecule has 0 aliphatic rings. The molecule has 1 amide bonds. The summed E-state index contributed by atoms with van der Waals surface area (Å²) in [5.41, 5.74) is 1.61. The monoisotopic (exact) mass is 396 g/mol. The molecule has 0 aliphatic carbocycles. The van der Waals surface area contributed by atoms with E-state index in [9.17, 15) is 13.2 Å². The molecule has 142 valence electrons. The molecule has 0 radical (unpaired) electrons. The zero-order valence-electron chi connectivity index (χ0n) is 15.4.